The number of unbranched alkanes of at least 4 members (excludes halogenated alkanes) is 11. The molecule has 0 aliphatic heterocycles. The number of carbonyl (C=O) groups is 1. The molecule has 0 atom stereocenters. The van der Waals surface area contributed by atoms with Crippen molar-refractivity contribution in [3.05, 3.63) is 0 Å². The summed E-state index contributed by atoms with van der Waals surface area (Å²) >= 11 is 0. The first-order valence-corrected chi connectivity index (χ1v) is 10.1. The minimum Gasteiger partial charge on any atom is -0.464 e. The van der Waals surface area contributed by atoms with E-state index in [1.54, 1.807) is 0 Å². The van der Waals surface area contributed by atoms with E-state index in [0.29, 0.717) is 0 Å². The molecule has 0 rings (SSSR count). The zero-order chi connectivity index (χ0) is 17.4. The zero-order valence-electron chi connectivity index (χ0n) is 14.3. The number of esters is 1. The molecule has 138 valence electrons. The standard InChI is InChI=1S/C16H32O6S/c1-2-3-4-5-6-7-8-9-10-11-12-13-14-21-16(17)15-22-23(18,19)20/h2-15H2,1H3,(H,18,19,20). The number of ether oxygens (including phenoxy) is 1. The molecule has 0 unspecified atom stereocenters. The maximum absolute atomic E-state index is 11.1. The molecule has 0 bridgehead atoms. The van der Waals surface area contributed by atoms with Gasteiger partial charge in [0.25, 0.3) is 0 Å². The summed E-state index contributed by atoms with van der Waals surface area (Å²) in [5, 5.41) is 0. The first-order chi connectivity index (χ1) is 11.0. The first kappa shape index (κ1) is 22.3. The zero-order valence-corrected chi connectivity index (χ0v) is 15.1. The highest BCUT2D eigenvalue weighted by molar-refractivity contribution is 7.80. The van der Waals surface area contributed by atoms with Gasteiger partial charge in [0.2, 0.25) is 0 Å². The van der Waals surface area contributed by atoms with Crippen molar-refractivity contribution in [1.82, 2.24) is 0 Å². The van der Waals surface area contributed by atoms with Crippen LogP contribution in [0.1, 0.15) is 84.0 Å². The molecule has 0 aromatic heterocycles. The Balaban J connectivity index is 3.20. The van der Waals surface area contributed by atoms with Gasteiger partial charge >= 0.3 is 16.4 Å². The van der Waals surface area contributed by atoms with Gasteiger partial charge in [0.05, 0.1) is 6.61 Å². The number of hydrogen-bond acceptors (Lipinski definition) is 5. The largest absolute Gasteiger partial charge is 0.464 e. The van der Waals surface area contributed by atoms with E-state index >= 15 is 0 Å². The smallest absolute Gasteiger partial charge is 0.397 e. The molecule has 1 N–H and O–H groups in total. The normalized spacial score (nSPS) is 11.6. The molecule has 0 saturated carbocycles. The highest BCUT2D eigenvalue weighted by Crippen LogP contribution is 2.11. The van der Waals surface area contributed by atoms with Crippen molar-refractivity contribution in [2.24, 2.45) is 0 Å². The highest BCUT2D eigenvalue weighted by Gasteiger charge is 2.10. The molecule has 23 heavy (non-hydrogen) atoms. The molecule has 0 radical (unpaired) electrons. The molecule has 7 heteroatoms. The molecule has 6 nitrogen and oxygen atoms in total. The Labute approximate surface area is 140 Å². The Morgan fingerprint density at radius 1 is 0.826 bits per heavy atom. The van der Waals surface area contributed by atoms with Crippen molar-refractivity contribution in [3.8, 4) is 0 Å². The van der Waals surface area contributed by atoms with Crippen LogP contribution in [0.3, 0.4) is 0 Å². The average Bonchev–Trinajstić information content (AvgIpc) is 2.49. The predicted octanol–water partition coefficient (Wildman–Crippen LogP) is 4.05. The van der Waals surface area contributed by atoms with Crippen LogP contribution in [-0.4, -0.2) is 32.2 Å². The number of carbonyl (C=O) groups excluding carboxylic acids is 1. The maximum Gasteiger partial charge on any atom is 0.397 e. The van der Waals surface area contributed by atoms with E-state index in [1.807, 2.05) is 0 Å². The van der Waals surface area contributed by atoms with Crippen molar-refractivity contribution in [2.75, 3.05) is 13.2 Å². The maximum atomic E-state index is 11.1. The molecule has 0 heterocycles. The van der Waals surface area contributed by atoms with Crippen molar-refractivity contribution < 1.29 is 26.7 Å². The molecular weight excluding hydrogens is 320 g/mol. The van der Waals surface area contributed by atoms with Crippen LogP contribution in [0.25, 0.3) is 0 Å². The lowest BCUT2D eigenvalue weighted by atomic mass is 10.1. The fourth-order valence-electron chi connectivity index (χ4n) is 2.29. The van der Waals surface area contributed by atoms with Crippen LogP contribution in [-0.2, 0) is 24.1 Å². The summed E-state index contributed by atoms with van der Waals surface area (Å²) in [6.45, 7) is 1.70. The Bertz CT molecular complexity index is 380. The van der Waals surface area contributed by atoms with Crippen molar-refractivity contribution in [2.45, 2.75) is 84.0 Å². The van der Waals surface area contributed by atoms with Gasteiger partial charge in [0.15, 0.2) is 6.61 Å². The lowest BCUT2D eigenvalue weighted by Crippen LogP contribution is -2.16. The Hall–Kier alpha value is -0.660. The fraction of sp³-hybridized carbons (Fsp3) is 0.938. The minimum absolute atomic E-state index is 0.255. The first-order valence-electron chi connectivity index (χ1n) is 8.73. The van der Waals surface area contributed by atoms with Gasteiger partial charge in [0.1, 0.15) is 0 Å². The summed E-state index contributed by atoms with van der Waals surface area (Å²) in [5.74, 6) is -0.786. The van der Waals surface area contributed by atoms with Gasteiger partial charge in [-0.3, -0.25) is 4.55 Å². The summed E-state index contributed by atoms with van der Waals surface area (Å²) in [6.07, 6.45) is 14.7. The summed E-state index contributed by atoms with van der Waals surface area (Å²) in [7, 11) is -4.58. The van der Waals surface area contributed by atoms with Crippen LogP contribution >= 0.6 is 0 Å². The minimum atomic E-state index is -4.58. The molecule has 0 aromatic carbocycles. The lowest BCUT2D eigenvalue weighted by Gasteiger charge is -2.05. The van der Waals surface area contributed by atoms with Gasteiger partial charge in [-0.05, 0) is 6.42 Å². The third kappa shape index (κ3) is 19.3. The monoisotopic (exact) mass is 352 g/mol. The summed E-state index contributed by atoms with van der Waals surface area (Å²) in [6, 6.07) is 0. The van der Waals surface area contributed by atoms with Crippen molar-refractivity contribution >= 4 is 16.4 Å². The third-order valence-electron chi connectivity index (χ3n) is 3.59. The second kappa shape index (κ2) is 14.9. The number of rotatable bonds is 16. The molecule has 0 fully saturated rings. The molecule has 0 saturated heterocycles. The summed E-state index contributed by atoms with van der Waals surface area (Å²) in [5.41, 5.74) is 0. The SMILES string of the molecule is CCCCCCCCCCCCCCOC(=O)COS(=O)(=O)O. The molecule has 0 aliphatic rings. The molecule has 0 spiro atoms. The van der Waals surface area contributed by atoms with Gasteiger partial charge in [-0.1, -0.05) is 77.6 Å². The van der Waals surface area contributed by atoms with Crippen LogP contribution in [0.15, 0.2) is 0 Å². The second-order valence-electron chi connectivity index (χ2n) is 5.80. The number of hydrogen-bond donors (Lipinski definition) is 1. The molecule has 0 amide bonds. The van der Waals surface area contributed by atoms with Crippen molar-refractivity contribution in [1.29, 1.82) is 0 Å². The van der Waals surface area contributed by atoms with E-state index in [-0.39, 0.29) is 6.61 Å². The second-order valence-corrected chi connectivity index (χ2v) is 6.89. The topological polar surface area (TPSA) is 89.9 Å². The lowest BCUT2D eigenvalue weighted by molar-refractivity contribution is -0.146. The van der Waals surface area contributed by atoms with Crippen LogP contribution in [0.4, 0.5) is 0 Å². The Morgan fingerprint density at radius 3 is 1.70 bits per heavy atom. The molecule has 0 aromatic rings. The van der Waals surface area contributed by atoms with Gasteiger partial charge in [-0.25, -0.2) is 8.98 Å². The van der Waals surface area contributed by atoms with Gasteiger partial charge in [-0.15, -0.1) is 0 Å². The van der Waals surface area contributed by atoms with Crippen LogP contribution in [0.5, 0.6) is 0 Å². The van der Waals surface area contributed by atoms with Gasteiger partial charge in [-0.2, -0.15) is 8.42 Å². The van der Waals surface area contributed by atoms with E-state index in [1.165, 1.54) is 57.8 Å². The fourth-order valence-corrected chi connectivity index (χ4v) is 2.54. The highest BCUT2D eigenvalue weighted by atomic mass is 32.3. The van der Waals surface area contributed by atoms with E-state index in [4.69, 9.17) is 9.29 Å². The molecular formula is C16H32O6S. The van der Waals surface area contributed by atoms with E-state index in [2.05, 4.69) is 11.1 Å². The third-order valence-corrected chi connectivity index (χ3v) is 4.00. The average molecular weight is 352 g/mol. The van der Waals surface area contributed by atoms with Crippen molar-refractivity contribution in [3.63, 3.8) is 0 Å². The Morgan fingerprint density at radius 2 is 1.26 bits per heavy atom. The Kier molecular flexibility index (Phi) is 14.5. The van der Waals surface area contributed by atoms with Gasteiger partial charge in [0, 0.05) is 0 Å². The van der Waals surface area contributed by atoms with Crippen LogP contribution in [0, 0.1) is 0 Å². The van der Waals surface area contributed by atoms with E-state index < -0.39 is 23.0 Å². The summed E-state index contributed by atoms with van der Waals surface area (Å²) in [4.78, 5) is 11.1. The van der Waals surface area contributed by atoms with E-state index in [0.717, 1.165) is 19.3 Å². The quantitative estimate of drug-likeness (QED) is 0.256. The molecule has 0 aliphatic carbocycles. The van der Waals surface area contributed by atoms with Crippen LogP contribution < -0.4 is 0 Å². The predicted molar refractivity (Wildman–Crippen MR) is 89.5 cm³/mol. The summed E-state index contributed by atoms with van der Waals surface area (Å²) < 4.78 is 37.5. The van der Waals surface area contributed by atoms with Crippen LogP contribution in [0.2, 0.25) is 0 Å². The van der Waals surface area contributed by atoms with E-state index in [9.17, 15) is 13.2 Å². The van der Waals surface area contributed by atoms with Gasteiger partial charge < -0.3 is 4.74 Å².